The lowest BCUT2D eigenvalue weighted by molar-refractivity contribution is -0.138. The van der Waals surface area contributed by atoms with Crippen LogP contribution in [0.4, 0.5) is 0 Å². The van der Waals surface area contributed by atoms with E-state index in [-0.39, 0.29) is 11.9 Å². The molecule has 3 atom stereocenters. The van der Waals surface area contributed by atoms with Gasteiger partial charge in [-0.15, -0.1) is 0 Å². The van der Waals surface area contributed by atoms with Gasteiger partial charge in [-0.3, -0.25) is 4.79 Å². The number of carbonyl (C=O) groups is 1. The first kappa shape index (κ1) is 13.0. The van der Waals surface area contributed by atoms with E-state index >= 15 is 0 Å². The molecule has 2 nitrogen and oxygen atoms in total. The van der Waals surface area contributed by atoms with Gasteiger partial charge < -0.3 is 4.74 Å². The predicted octanol–water partition coefficient (Wildman–Crippen LogP) is 3.69. The lowest BCUT2D eigenvalue weighted by Gasteiger charge is -2.28. The number of allylic oxidation sites excluding steroid dienone is 4. The second kappa shape index (κ2) is 5.33. The van der Waals surface area contributed by atoms with Crippen molar-refractivity contribution in [3.05, 3.63) is 23.5 Å². The molecule has 0 aliphatic heterocycles. The van der Waals surface area contributed by atoms with E-state index in [0.717, 1.165) is 12.2 Å². The Balaban J connectivity index is 3.06. The predicted molar refractivity (Wildman–Crippen MR) is 65.7 cm³/mol. The maximum absolute atomic E-state index is 11.1. The molecule has 0 heterocycles. The van der Waals surface area contributed by atoms with E-state index in [1.165, 1.54) is 12.5 Å². The molecule has 1 aliphatic carbocycles. The van der Waals surface area contributed by atoms with Crippen LogP contribution in [0.5, 0.6) is 0 Å². The Morgan fingerprint density at radius 1 is 1.50 bits per heavy atom. The summed E-state index contributed by atoms with van der Waals surface area (Å²) < 4.78 is 5.40. The molecule has 90 valence electrons. The van der Waals surface area contributed by atoms with Crippen molar-refractivity contribution in [3.63, 3.8) is 0 Å². The van der Waals surface area contributed by atoms with Gasteiger partial charge in [0.1, 0.15) is 5.76 Å². The molecule has 0 aromatic rings. The fourth-order valence-corrected chi connectivity index (χ4v) is 1.94. The van der Waals surface area contributed by atoms with Gasteiger partial charge in [0.05, 0.1) is 0 Å². The molecular formula is C14H22O2. The fourth-order valence-electron chi connectivity index (χ4n) is 1.94. The Morgan fingerprint density at radius 3 is 2.62 bits per heavy atom. The normalized spacial score (nSPS) is 26.8. The lowest BCUT2D eigenvalue weighted by atomic mass is 9.82. The molecule has 16 heavy (non-hydrogen) atoms. The zero-order valence-electron chi connectivity index (χ0n) is 10.9. The third-order valence-corrected chi connectivity index (χ3v) is 3.46. The van der Waals surface area contributed by atoms with Crippen molar-refractivity contribution in [2.75, 3.05) is 0 Å². The average Bonchev–Trinajstić information content (AvgIpc) is 2.23. The molecule has 0 saturated heterocycles. The summed E-state index contributed by atoms with van der Waals surface area (Å²) in [5.41, 5.74) is 1.18. The molecule has 0 spiro atoms. The molecule has 0 saturated carbocycles. The van der Waals surface area contributed by atoms with Gasteiger partial charge in [-0.25, -0.2) is 0 Å². The zero-order chi connectivity index (χ0) is 12.3. The van der Waals surface area contributed by atoms with Gasteiger partial charge in [-0.05, 0) is 23.8 Å². The molecule has 1 aliphatic rings. The molecule has 0 fully saturated rings. The lowest BCUT2D eigenvalue weighted by Crippen LogP contribution is -2.20. The third-order valence-electron chi connectivity index (χ3n) is 3.46. The van der Waals surface area contributed by atoms with E-state index in [2.05, 4.69) is 39.8 Å². The highest BCUT2D eigenvalue weighted by atomic mass is 16.5. The minimum atomic E-state index is -0.217. The van der Waals surface area contributed by atoms with E-state index in [1.54, 1.807) is 0 Å². The first-order valence-corrected chi connectivity index (χ1v) is 6.08. The largest absolute Gasteiger partial charge is 0.431 e. The smallest absolute Gasteiger partial charge is 0.307 e. The Morgan fingerprint density at radius 2 is 2.12 bits per heavy atom. The van der Waals surface area contributed by atoms with Crippen LogP contribution in [0.1, 0.15) is 41.0 Å². The third kappa shape index (κ3) is 2.75. The quantitative estimate of drug-likeness (QED) is 0.681. The van der Waals surface area contributed by atoms with E-state index in [0.29, 0.717) is 11.8 Å². The number of carbonyl (C=O) groups excluding carboxylic acids is 1. The molecule has 0 radical (unpaired) electrons. The second-order valence-electron chi connectivity index (χ2n) is 4.73. The standard InChI is InChI=1S/C14H22O2/c1-6-9(2)13-8-7-10(3)11(4)14(13)16-12(5)15/h7-11H,6H2,1-5H3. The molecule has 1 rings (SSSR count). The summed E-state index contributed by atoms with van der Waals surface area (Å²) in [4.78, 5) is 11.1. The van der Waals surface area contributed by atoms with Gasteiger partial charge in [0, 0.05) is 12.8 Å². The Kier molecular flexibility index (Phi) is 4.34. The second-order valence-corrected chi connectivity index (χ2v) is 4.73. The van der Waals surface area contributed by atoms with Crippen LogP contribution < -0.4 is 0 Å². The molecule has 0 bridgehead atoms. The van der Waals surface area contributed by atoms with Crippen molar-refractivity contribution in [2.45, 2.75) is 41.0 Å². The summed E-state index contributed by atoms with van der Waals surface area (Å²) in [6.45, 7) is 10.1. The summed E-state index contributed by atoms with van der Waals surface area (Å²) in [7, 11) is 0. The Bertz CT molecular complexity index is 326. The van der Waals surface area contributed by atoms with Crippen LogP contribution >= 0.6 is 0 Å². The van der Waals surface area contributed by atoms with Crippen molar-refractivity contribution in [3.8, 4) is 0 Å². The Hall–Kier alpha value is -1.05. The summed E-state index contributed by atoms with van der Waals surface area (Å²) in [6, 6.07) is 0. The van der Waals surface area contributed by atoms with Crippen LogP contribution in [0, 0.1) is 17.8 Å². The topological polar surface area (TPSA) is 26.3 Å². The first-order valence-electron chi connectivity index (χ1n) is 6.08. The van der Waals surface area contributed by atoms with Crippen molar-refractivity contribution in [2.24, 2.45) is 17.8 Å². The SMILES string of the molecule is CCC(C)C1=C(OC(C)=O)C(C)C(C)C=C1. The highest BCUT2D eigenvalue weighted by Gasteiger charge is 2.26. The van der Waals surface area contributed by atoms with E-state index in [9.17, 15) is 4.79 Å². The monoisotopic (exact) mass is 222 g/mol. The van der Waals surface area contributed by atoms with Crippen LogP contribution in [0.15, 0.2) is 23.5 Å². The van der Waals surface area contributed by atoms with Crippen LogP contribution in [-0.4, -0.2) is 5.97 Å². The van der Waals surface area contributed by atoms with Gasteiger partial charge in [0.25, 0.3) is 0 Å². The van der Waals surface area contributed by atoms with Crippen LogP contribution in [0.2, 0.25) is 0 Å². The zero-order valence-corrected chi connectivity index (χ0v) is 10.9. The number of ether oxygens (including phenoxy) is 1. The number of hydrogen-bond donors (Lipinski definition) is 0. The molecule has 0 aromatic carbocycles. The maximum Gasteiger partial charge on any atom is 0.307 e. The van der Waals surface area contributed by atoms with Gasteiger partial charge >= 0.3 is 5.97 Å². The van der Waals surface area contributed by atoms with E-state index in [1.807, 2.05) is 0 Å². The summed E-state index contributed by atoms with van der Waals surface area (Å²) in [5, 5.41) is 0. The summed E-state index contributed by atoms with van der Waals surface area (Å²) >= 11 is 0. The van der Waals surface area contributed by atoms with Crippen LogP contribution in [0.25, 0.3) is 0 Å². The molecule has 0 aromatic heterocycles. The summed E-state index contributed by atoms with van der Waals surface area (Å²) in [5.74, 6) is 1.82. The molecule has 3 unspecified atom stereocenters. The van der Waals surface area contributed by atoms with Crippen molar-refractivity contribution in [1.82, 2.24) is 0 Å². The highest BCUT2D eigenvalue weighted by molar-refractivity contribution is 5.67. The highest BCUT2D eigenvalue weighted by Crippen LogP contribution is 2.34. The molecule has 0 N–H and O–H groups in total. The molecule has 0 amide bonds. The minimum absolute atomic E-state index is 0.217. The van der Waals surface area contributed by atoms with Crippen molar-refractivity contribution >= 4 is 5.97 Å². The Labute approximate surface area is 98.4 Å². The van der Waals surface area contributed by atoms with Gasteiger partial charge in [0.15, 0.2) is 0 Å². The summed E-state index contributed by atoms with van der Waals surface area (Å²) in [6.07, 6.45) is 5.39. The van der Waals surface area contributed by atoms with Gasteiger partial charge in [-0.2, -0.15) is 0 Å². The van der Waals surface area contributed by atoms with Crippen LogP contribution in [0.3, 0.4) is 0 Å². The number of rotatable bonds is 3. The minimum Gasteiger partial charge on any atom is -0.431 e. The van der Waals surface area contributed by atoms with E-state index < -0.39 is 0 Å². The van der Waals surface area contributed by atoms with Crippen molar-refractivity contribution < 1.29 is 9.53 Å². The number of esters is 1. The van der Waals surface area contributed by atoms with Gasteiger partial charge in [-0.1, -0.05) is 39.8 Å². The van der Waals surface area contributed by atoms with Crippen LogP contribution in [-0.2, 0) is 9.53 Å². The number of hydrogen-bond acceptors (Lipinski definition) is 2. The van der Waals surface area contributed by atoms with Gasteiger partial charge in [0.2, 0.25) is 0 Å². The fraction of sp³-hybridized carbons (Fsp3) is 0.643. The van der Waals surface area contributed by atoms with E-state index in [4.69, 9.17) is 4.74 Å². The first-order chi connectivity index (χ1) is 7.47. The molecular weight excluding hydrogens is 200 g/mol. The van der Waals surface area contributed by atoms with Crippen molar-refractivity contribution in [1.29, 1.82) is 0 Å². The molecule has 2 heteroatoms. The average molecular weight is 222 g/mol. The maximum atomic E-state index is 11.1.